The van der Waals surface area contributed by atoms with Crippen molar-refractivity contribution in [3.8, 4) is 0 Å². The molecule has 1 heterocycles. The number of hydrogen-bond donors (Lipinski definition) is 0. The van der Waals surface area contributed by atoms with Gasteiger partial charge in [0, 0.05) is 13.1 Å². The number of nitrogens with zero attached hydrogens (tertiary/aromatic N) is 2. The summed E-state index contributed by atoms with van der Waals surface area (Å²) >= 11 is 0. The smallest absolute Gasteiger partial charge is 0.0840 e. The molecule has 0 radical (unpaired) electrons. The number of likely N-dealkylation sites (N-methyl/N-ethyl adjacent to an activating group) is 2. The van der Waals surface area contributed by atoms with Gasteiger partial charge < -0.3 is 0 Å². The third-order valence-electron chi connectivity index (χ3n) is 3.30. The molecule has 0 saturated carbocycles. The Morgan fingerprint density at radius 1 is 1.15 bits per heavy atom. The zero-order chi connectivity index (χ0) is 9.26. The fourth-order valence-electron chi connectivity index (χ4n) is 2.56. The van der Waals surface area contributed by atoms with Crippen LogP contribution in [0.1, 0.15) is 25.7 Å². The van der Waals surface area contributed by atoms with E-state index in [1.165, 1.54) is 38.8 Å². The van der Waals surface area contributed by atoms with E-state index in [1.54, 1.807) is 5.57 Å². The second kappa shape index (κ2) is 3.81. The molecule has 2 heteroatoms. The van der Waals surface area contributed by atoms with Crippen LogP contribution in [-0.2, 0) is 0 Å². The second-order valence-electron chi connectivity index (χ2n) is 4.36. The van der Waals surface area contributed by atoms with Crippen LogP contribution < -0.4 is 0 Å². The van der Waals surface area contributed by atoms with Crippen LogP contribution in [0.25, 0.3) is 0 Å². The molecule has 13 heavy (non-hydrogen) atoms. The van der Waals surface area contributed by atoms with Gasteiger partial charge in [0.1, 0.15) is 0 Å². The summed E-state index contributed by atoms with van der Waals surface area (Å²) in [5.74, 6) is 0. The third-order valence-corrected chi connectivity index (χ3v) is 3.30. The molecule has 0 bridgehead atoms. The maximum Gasteiger partial charge on any atom is 0.0840 e. The Morgan fingerprint density at radius 3 is 2.38 bits per heavy atom. The van der Waals surface area contributed by atoms with Crippen molar-refractivity contribution in [3.05, 3.63) is 11.6 Å². The Hall–Kier alpha value is -0.340. The van der Waals surface area contributed by atoms with Crippen LogP contribution in [0.3, 0.4) is 0 Å². The Bertz CT molecular complexity index is 200. The molecule has 1 fully saturated rings. The first-order valence-electron chi connectivity index (χ1n) is 5.38. The van der Waals surface area contributed by atoms with Gasteiger partial charge in [0.25, 0.3) is 0 Å². The van der Waals surface area contributed by atoms with Gasteiger partial charge in [0.2, 0.25) is 0 Å². The lowest BCUT2D eigenvalue weighted by molar-refractivity contribution is 0.217. The maximum atomic E-state index is 2.47. The molecular weight excluding hydrogens is 160 g/mol. The average molecular weight is 180 g/mol. The minimum absolute atomic E-state index is 0.611. The van der Waals surface area contributed by atoms with Gasteiger partial charge in [-0.3, -0.25) is 9.80 Å². The molecule has 0 atom stereocenters. The summed E-state index contributed by atoms with van der Waals surface area (Å²) in [6.07, 6.45) is 8.48. The van der Waals surface area contributed by atoms with E-state index in [9.17, 15) is 0 Å². The normalized spacial score (nSPS) is 28.0. The average Bonchev–Trinajstić information content (AvgIpc) is 2.48. The topological polar surface area (TPSA) is 6.48 Å². The highest BCUT2D eigenvalue weighted by Gasteiger charge is 2.29. The first-order chi connectivity index (χ1) is 6.29. The molecule has 74 valence electrons. The van der Waals surface area contributed by atoms with Crippen LogP contribution in [0.4, 0.5) is 0 Å². The first kappa shape index (κ1) is 9.22. The second-order valence-corrected chi connectivity index (χ2v) is 4.36. The van der Waals surface area contributed by atoms with Crippen molar-refractivity contribution in [2.24, 2.45) is 0 Å². The highest BCUT2D eigenvalue weighted by atomic mass is 15.4. The van der Waals surface area contributed by atoms with Gasteiger partial charge in [-0.05, 0) is 45.4 Å². The van der Waals surface area contributed by atoms with Crippen LogP contribution in [-0.4, -0.2) is 43.2 Å². The summed E-state index contributed by atoms with van der Waals surface area (Å²) < 4.78 is 0. The van der Waals surface area contributed by atoms with Crippen molar-refractivity contribution in [1.82, 2.24) is 9.80 Å². The highest BCUT2D eigenvalue weighted by molar-refractivity contribution is 5.14. The van der Waals surface area contributed by atoms with Crippen LogP contribution in [0.5, 0.6) is 0 Å². The molecule has 1 aliphatic carbocycles. The molecule has 0 unspecified atom stereocenters. The minimum Gasteiger partial charge on any atom is -0.286 e. The van der Waals surface area contributed by atoms with Gasteiger partial charge in [0.15, 0.2) is 0 Å². The maximum absolute atomic E-state index is 2.47. The van der Waals surface area contributed by atoms with Gasteiger partial charge in [-0.2, -0.15) is 0 Å². The van der Waals surface area contributed by atoms with Crippen molar-refractivity contribution >= 4 is 0 Å². The Morgan fingerprint density at radius 2 is 1.85 bits per heavy atom. The standard InChI is InChI=1S/C11H20N2/c1-12-8-9-13(2)11(12)10-6-4-3-5-7-10/h6,11H,3-5,7-9H2,1-2H3. The molecule has 1 aliphatic heterocycles. The van der Waals surface area contributed by atoms with E-state index in [4.69, 9.17) is 0 Å². The summed E-state index contributed by atoms with van der Waals surface area (Å²) in [6, 6.07) is 0. The monoisotopic (exact) mass is 180 g/mol. The van der Waals surface area contributed by atoms with Crippen LogP contribution >= 0.6 is 0 Å². The fourth-order valence-corrected chi connectivity index (χ4v) is 2.56. The van der Waals surface area contributed by atoms with E-state index in [0.29, 0.717) is 6.17 Å². The van der Waals surface area contributed by atoms with Crippen LogP contribution in [0.15, 0.2) is 11.6 Å². The fraction of sp³-hybridized carbons (Fsp3) is 0.818. The van der Waals surface area contributed by atoms with Gasteiger partial charge in [0.05, 0.1) is 6.17 Å². The Kier molecular flexibility index (Phi) is 2.70. The van der Waals surface area contributed by atoms with E-state index >= 15 is 0 Å². The van der Waals surface area contributed by atoms with Gasteiger partial charge in [-0.25, -0.2) is 0 Å². The molecule has 0 aromatic carbocycles. The highest BCUT2D eigenvalue weighted by Crippen LogP contribution is 2.26. The summed E-state index contributed by atoms with van der Waals surface area (Å²) in [4.78, 5) is 4.94. The first-order valence-corrected chi connectivity index (χ1v) is 5.38. The molecule has 2 aliphatic rings. The summed E-state index contributed by atoms with van der Waals surface area (Å²) in [5, 5.41) is 0. The molecule has 0 amide bonds. The minimum atomic E-state index is 0.611. The van der Waals surface area contributed by atoms with Gasteiger partial charge in [-0.1, -0.05) is 6.08 Å². The van der Waals surface area contributed by atoms with Gasteiger partial charge >= 0.3 is 0 Å². The van der Waals surface area contributed by atoms with E-state index in [2.05, 4.69) is 30.0 Å². The SMILES string of the molecule is CN1CCN(C)C1C1=CCCCC1. The zero-order valence-corrected chi connectivity index (χ0v) is 8.79. The largest absolute Gasteiger partial charge is 0.286 e. The molecule has 0 aromatic heterocycles. The lowest BCUT2D eigenvalue weighted by Crippen LogP contribution is -2.36. The van der Waals surface area contributed by atoms with E-state index in [-0.39, 0.29) is 0 Å². The lowest BCUT2D eigenvalue weighted by Gasteiger charge is -2.29. The number of allylic oxidation sites excluding steroid dienone is 1. The van der Waals surface area contributed by atoms with E-state index < -0.39 is 0 Å². The summed E-state index contributed by atoms with van der Waals surface area (Å²) in [5.41, 5.74) is 1.66. The summed E-state index contributed by atoms with van der Waals surface area (Å²) in [6.45, 7) is 2.44. The molecule has 0 aromatic rings. The van der Waals surface area contributed by atoms with Crippen molar-refractivity contribution in [1.29, 1.82) is 0 Å². The van der Waals surface area contributed by atoms with Crippen LogP contribution in [0, 0.1) is 0 Å². The predicted octanol–water partition coefficient (Wildman–Crippen LogP) is 1.69. The quantitative estimate of drug-likeness (QED) is 0.567. The number of rotatable bonds is 1. The molecule has 0 spiro atoms. The summed E-state index contributed by atoms with van der Waals surface area (Å²) in [7, 11) is 4.48. The van der Waals surface area contributed by atoms with Gasteiger partial charge in [-0.15, -0.1) is 0 Å². The molecular formula is C11H20N2. The molecule has 1 saturated heterocycles. The van der Waals surface area contributed by atoms with Crippen molar-refractivity contribution in [2.45, 2.75) is 31.8 Å². The predicted molar refractivity (Wildman–Crippen MR) is 55.6 cm³/mol. The number of hydrogen-bond acceptors (Lipinski definition) is 2. The zero-order valence-electron chi connectivity index (χ0n) is 8.79. The molecule has 2 nitrogen and oxygen atoms in total. The van der Waals surface area contributed by atoms with Crippen LogP contribution in [0.2, 0.25) is 0 Å². The van der Waals surface area contributed by atoms with Crippen molar-refractivity contribution < 1.29 is 0 Å². The molecule has 0 N–H and O–H groups in total. The van der Waals surface area contributed by atoms with E-state index in [0.717, 1.165) is 0 Å². The molecule has 2 rings (SSSR count). The van der Waals surface area contributed by atoms with Crippen molar-refractivity contribution in [3.63, 3.8) is 0 Å². The Labute approximate surface area is 81.2 Å². The Balaban J connectivity index is 2.09. The van der Waals surface area contributed by atoms with E-state index in [1.807, 2.05) is 0 Å². The third kappa shape index (κ3) is 1.79. The van der Waals surface area contributed by atoms with Crippen molar-refractivity contribution in [2.75, 3.05) is 27.2 Å². The lowest BCUT2D eigenvalue weighted by atomic mass is 9.97.